The van der Waals surface area contributed by atoms with Gasteiger partial charge in [-0.1, -0.05) is 0 Å². The molecule has 2 rings (SSSR count). The summed E-state index contributed by atoms with van der Waals surface area (Å²) in [6, 6.07) is 5.90. The average Bonchev–Trinajstić information content (AvgIpc) is 3.01. The van der Waals surface area contributed by atoms with Gasteiger partial charge in [0.05, 0.1) is 14.2 Å². The second-order valence-corrected chi connectivity index (χ2v) is 6.38. The first kappa shape index (κ1) is 18.4. The summed E-state index contributed by atoms with van der Waals surface area (Å²) in [5.41, 5.74) is 1.10. The predicted molar refractivity (Wildman–Crippen MR) is 98.0 cm³/mol. The minimum absolute atomic E-state index is 0.690. The standard InChI is InChI=1S/C18H30N4O2/c1-19-18(20-11-14-8-9-21(2)12-14)22(3)13-15-6-7-16(23-4)10-17(15)24-5/h6-7,10,14H,8-9,11-13H2,1-5H3,(H,19,20). The van der Waals surface area contributed by atoms with E-state index in [4.69, 9.17) is 9.47 Å². The molecule has 6 heteroatoms. The van der Waals surface area contributed by atoms with E-state index in [9.17, 15) is 0 Å². The van der Waals surface area contributed by atoms with Crippen LogP contribution in [0.5, 0.6) is 11.5 Å². The van der Waals surface area contributed by atoms with E-state index in [1.165, 1.54) is 13.0 Å². The lowest BCUT2D eigenvalue weighted by Gasteiger charge is -2.24. The number of aliphatic imine (C=N–C) groups is 1. The zero-order valence-electron chi connectivity index (χ0n) is 15.5. The van der Waals surface area contributed by atoms with Gasteiger partial charge in [0.1, 0.15) is 11.5 Å². The number of hydrogen-bond acceptors (Lipinski definition) is 4. The second-order valence-electron chi connectivity index (χ2n) is 6.38. The van der Waals surface area contributed by atoms with Crippen LogP contribution in [0.1, 0.15) is 12.0 Å². The fourth-order valence-corrected chi connectivity index (χ4v) is 3.13. The van der Waals surface area contributed by atoms with Crippen molar-refractivity contribution >= 4 is 5.96 Å². The van der Waals surface area contributed by atoms with E-state index >= 15 is 0 Å². The fraction of sp³-hybridized carbons (Fsp3) is 0.611. The van der Waals surface area contributed by atoms with E-state index in [0.717, 1.165) is 42.7 Å². The van der Waals surface area contributed by atoms with Crippen molar-refractivity contribution in [3.05, 3.63) is 23.8 Å². The van der Waals surface area contributed by atoms with Gasteiger partial charge in [0.25, 0.3) is 0 Å². The second kappa shape index (κ2) is 8.78. The molecule has 1 aromatic carbocycles. The summed E-state index contributed by atoms with van der Waals surface area (Å²) in [5, 5.41) is 3.50. The normalized spacial score (nSPS) is 18.5. The van der Waals surface area contributed by atoms with Crippen molar-refractivity contribution in [1.29, 1.82) is 0 Å². The molecule has 0 aromatic heterocycles. The van der Waals surface area contributed by atoms with Crippen molar-refractivity contribution in [3.63, 3.8) is 0 Å². The fourth-order valence-electron chi connectivity index (χ4n) is 3.13. The highest BCUT2D eigenvalue weighted by Crippen LogP contribution is 2.25. The first-order chi connectivity index (χ1) is 11.6. The van der Waals surface area contributed by atoms with Gasteiger partial charge in [0.15, 0.2) is 5.96 Å². The Morgan fingerprint density at radius 3 is 2.75 bits per heavy atom. The molecule has 1 aliphatic heterocycles. The molecule has 0 aliphatic carbocycles. The third-order valence-electron chi connectivity index (χ3n) is 4.51. The number of ether oxygens (including phenoxy) is 2. The van der Waals surface area contributed by atoms with E-state index < -0.39 is 0 Å². The van der Waals surface area contributed by atoms with Crippen LogP contribution in [0.15, 0.2) is 23.2 Å². The molecule has 134 valence electrons. The summed E-state index contributed by atoms with van der Waals surface area (Å²) in [6.45, 7) is 4.02. The number of methoxy groups -OCH3 is 2. The molecular weight excluding hydrogens is 304 g/mol. The Morgan fingerprint density at radius 1 is 1.38 bits per heavy atom. The Balaban J connectivity index is 1.95. The molecule has 0 bridgehead atoms. The first-order valence-corrected chi connectivity index (χ1v) is 8.38. The van der Waals surface area contributed by atoms with Gasteiger partial charge in [0, 0.05) is 45.4 Å². The van der Waals surface area contributed by atoms with Crippen molar-refractivity contribution in [3.8, 4) is 11.5 Å². The molecule has 6 nitrogen and oxygen atoms in total. The van der Waals surface area contributed by atoms with E-state index in [0.29, 0.717) is 5.92 Å². The average molecular weight is 334 g/mol. The van der Waals surface area contributed by atoms with Crippen LogP contribution >= 0.6 is 0 Å². The number of nitrogens with one attached hydrogen (secondary N) is 1. The van der Waals surface area contributed by atoms with E-state index in [2.05, 4.69) is 27.2 Å². The van der Waals surface area contributed by atoms with Crippen LogP contribution in [-0.2, 0) is 6.54 Å². The maximum absolute atomic E-state index is 5.48. The quantitative estimate of drug-likeness (QED) is 0.633. The third kappa shape index (κ3) is 4.77. The highest BCUT2D eigenvalue weighted by molar-refractivity contribution is 5.79. The van der Waals surface area contributed by atoms with Crippen LogP contribution in [0.3, 0.4) is 0 Å². The number of guanidine groups is 1. The molecule has 24 heavy (non-hydrogen) atoms. The van der Waals surface area contributed by atoms with Crippen molar-refractivity contribution < 1.29 is 9.47 Å². The van der Waals surface area contributed by atoms with E-state index in [1.807, 2.05) is 32.3 Å². The molecule has 1 atom stereocenters. The maximum atomic E-state index is 5.48. The summed E-state index contributed by atoms with van der Waals surface area (Å²) < 4.78 is 10.7. The third-order valence-corrected chi connectivity index (χ3v) is 4.51. The van der Waals surface area contributed by atoms with Crippen LogP contribution in [0.25, 0.3) is 0 Å². The highest BCUT2D eigenvalue weighted by Gasteiger charge is 2.20. The monoisotopic (exact) mass is 334 g/mol. The van der Waals surface area contributed by atoms with Crippen LogP contribution in [-0.4, -0.2) is 70.8 Å². The van der Waals surface area contributed by atoms with Crippen molar-refractivity contribution in [2.45, 2.75) is 13.0 Å². The Labute approximate surface area is 145 Å². The molecule has 1 aliphatic rings. The van der Waals surface area contributed by atoms with Crippen LogP contribution in [0.4, 0.5) is 0 Å². The van der Waals surface area contributed by atoms with Gasteiger partial charge < -0.3 is 24.6 Å². The number of benzene rings is 1. The van der Waals surface area contributed by atoms with Crippen molar-refractivity contribution in [1.82, 2.24) is 15.1 Å². The smallest absolute Gasteiger partial charge is 0.193 e. The predicted octanol–water partition coefficient (Wildman–Crippen LogP) is 1.66. The Hall–Kier alpha value is -1.95. The first-order valence-electron chi connectivity index (χ1n) is 8.38. The lowest BCUT2D eigenvalue weighted by molar-refractivity contribution is 0.379. The summed E-state index contributed by atoms with van der Waals surface area (Å²) in [5.74, 6) is 3.22. The van der Waals surface area contributed by atoms with Crippen molar-refractivity contribution in [2.75, 3.05) is 55.0 Å². The lowest BCUT2D eigenvalue weighted by atomic mass is 10.1. The van der Waals surface area contributed by atoms with Gasteiger partial charge in [0.2, 0.25) is 0 Å². The zero-order chi connectivity index (χ0) is 17.5. The number of hydrogen-bond donors (Lipinski definition) is 1. The topological polar surface area (TPSA) is 49.3 Å². The largest absolute Gasteiger partial charge is 0.497 e. The van der Waals surface area contributed by atoms with Gasteiger partial charge in [-0.2, -0.15) is 0 Å². The number of likely N-dealkylation sites (tertiary alicyclic amines) is 1. The summed E-state index contributed by atoms with van der Waals surface area (Å²) in [6.07, 6.45) is 1.25. The highest BCUT2D eigenvalue weighted by atomic mass is 16.5. The minimum atomic E-state index is 0.690. The molecule has 1 saturated heterocycles. The Bertz CT molecular complexity index is 562. The number of nitrogens with zero attached hydrogens (tertiary/aromatic N) is 3. The van der Waals surface area contributed by atoms with Gasteiger partial charge in [-0.15, -0.1) is 0 Å². The molecule has 1 fully saturated rings. The molecule has 0 radical (unpaired) electrons. The van der Waals surface area contributed by atoms with Gasteiger partial charge in [-0.05, 0) is 38.1 Å². The maximum Gasteiger partial charge on any atom is 0.193 e. The zero-order valence-corrected chi connectivity index (χ0v) is 15.5. The van der Waals surface area contributed by atoms with Crippen LogP contribution in [0, 0.1) is 5.92 Å². The molecule has 0 amide bonds. The molecule has 1 aromatic rings. The van der Waals surface area contributed by atoms with Gasteiger partial charge in [-0.25, -0.2) is 0 Å². The SMILES string of the molecule is CN=C(NCC1CCN(C)C1)N(C)Cc1ccc(OC)cc1OC. The molecule has 1 N–H and O–H groups in total. The molecule has 1 heterocycles. The van der Waals surface area contributed by atoms with Gasteiger partial charge in [-0.3, -0.25) is 4.99 Å². The molecule has 0 spiro atoms. The summed E-state index contributed by atoms with van der Waals surface area (Å²) in [4.78, 5) is 8.90. The molecular formula is C18H30N4O2. The summed E-state index contributed by atoms with van der Waals surface area (Å²) in [7, 11) is 9.39. The van der Waals surface area contributed by atoms with Crippen LogP contribution in [0.2, 0.25) is 0 Å². The van der Waals surface area contributed by atoms with Crippen LogP contribution < -0.4 is 14.8 Å². The lowest BCUT2D eigenvalue weighted by Crippen LogP contribution is -2.41. The van der Waals surface area contributed by atoms with Gasteiger partial charge >= 0.3 is 0 Å². The minimum Gasteiger partial charge on any atom is -0.497 e. The molecule has 0 saturated carbocycles. The Kier molecular flexibility index (Phi) is 6.73. The van der Waals surface area contributed by atoms with Crippen molar-refractivity contribution in [2.24, 2.45) is 10.9 Å². The summed E-state index contributed by atoms with van der Waals surface area (Å²) >= 11 is 0. The Morgan fingerprint density at radius 2 is 2.17 bits per heavy atom. The van der Waals surface area contributed by atoms with E-state index in [1.54, 1.807) is 14.2 Å². The van der Waals surface area contributed by atoms with E-state index in [-0.39, 0.29) is 0 Å². The molecule has 1 unspecified atom stereocenters. The number of rotatable bonds is 6.